The third-order valence-electron chi connectivity index (χ3n) is 5.32. The smallest absolute Gasteiger partial charge is 0.202 e. The van der Waals surface area contributed by atoms with E-state index in [-0.39, 0.29) is 11.4 Å². The summed E-state index contributed by atoms with van der Waals surface area (Å²) < 4.78 is 13.9. The molecule has 0 amide bonds. The fourth-order valence-corrected chi connectivity index (χ4v) is 3.93. The van der Waals surface area contributed by atoms with Gasteiger partial charge < -0.3 is 9.80 Å². The van der Waals surface area contributed by atoms with Gasteiger partial charge in [0.2, 0.25) is 5.96 Å². The van der Waals surface area contributed by atoms with Crippen molar-refractivity contribution < 1.29 is 4.39 Å². The summed E-state index contributed by atoms with van der Waals surface area (Å²) in [5.41, 5.74) is 2.89. The minimum atomic E-state index is -0.113. The lowest BCUT2D eigenvalue weighted by Gasteiger charge is -2.32. The Kier molecular flexibility index (Phi) is 4.68. The molecule has 3 heterocycles. The van der Waals surface area contributed by atoms with Crippen LogP contribution in [0.3, 0.4) is 0 Å². The normalized spacial score (nSPS) is 18.2. The second-order valence-electron chi connectivity index (χ2n) is 7.78. The van der Waals surface area contributed by atoms with Gasteiger partial charge >= 0.3 is 0 Å². The average molecular weight is 364 g/mol. The number of fused-ring (bicyclic) bond motifs is 1. The van der Waals surface area contributed by atoms with Gasteiger partial charge in [-0.25, -0.2) is 9.38 Å². The molecule has 1 aromatic heterocycles. The van der Waals surface area contributed by atoms with E-state index in [4.69, 9.17) is 4.99 Å². The van der Waals surface area contributed by atoms with Crippen molar-refractivity contribution >= 4 is 11.7 Å². The summed E-state index contributed by atoms with van der Waals surface area (Å²) in [6.45, 7) is 7.18. The van der Waals surface area contributed by atoms with Crippen molar-refractivity contribution in [3.05, 3.63) is 71.8 Å². The molecule has 0 atom stereocenters. The number of aliphatic imine (C=N–C) groups is 1. The van der Waals surface area contributed by atoms with E-state index < -0.39 is 0 Å². The first-order chi connectivity index (χ1) is 13.0. The number of nitrogens with zero attached hydrogens (tertiary/aromatic N) is 4. The molecule has 2 aliphatic heterocycles. The molecular weight excluding hydrogens is 339 g/mol. The quantitative estimate of drug-likeness (QED) is 0.805. The third kappa shape index (κ3) is 3.59. The van der Waals surface area contributed by atoms with Crippen LogP contribution >= 0.6 is 0 Å². The predicted molar refractivity (Wildman–Crippen MR) is 107 cm³/mol. The van der Waals surface area contributed by atoms with Crippen molar-refractivity contribution in [2.24, 2.45) is 4.99 Å². The fraction of sp³-hybridized carbons (Fsp3) is 0.364. The van der Waals surface area contributed by atoms with E-state index in [1.54, 1.807) is 18.5 Å². The maximum absolute atomic E-state index is 13.9. The predicted octanol–water partition coefficient (Wildman–Crippen LogP) is 3.96. The summed E-state index contributed by atoms with van der Waals surface area (Å²) >= 11 is 0. The number of aromatic nitrogens is 1. The molecule has 1 fully saturated rings. The third-order valence-corrected chi connectivity index (χ3v) is 5.32. The topological polar surface area (TPSA) is 31.7 Å². The van der Waals surface area contributed by atoms with Crippen LogP contribution in [0, 0.1) is 5.82 Å². The summed E-state index contributed by atoms with van der Waals surface area (Å²) in [6, 6.07) is 11.0. The average Bonchev–Trinajstić information content (AvgIpc) is 2.93. The molecule has 140 valence electrons. The lowest BCUT2D eigenvalue weighted by Crippen LogP contribution is -2.43. The van der Waals surface area contributed by atoms with Gasteiger partial charge in [-0.1, -0.05) is 18.2 Å². The molecule has 1 saturated heterocycles. The molecule has 0 N–H and O–H groups in total. The van der Waals surface area contributed by atoms with E-state index in [0.717, 1.165) is 55.3 Å². The van der Waals surface area contributed by atoms with Crippen molar-refractivity contribution in [3.8, 4) is 0 Å². The molecule has 0 bridgehead atoms. The van der Waals surface area contributed by atoms with Gasteiger partial charge in [0.25, 0.3) is 0 Å². The highest BCUT2D eigenvalue weighted by Crippen LogP contribution is 2.31. The molecule has 0 aliphatic carbocycles. The van der Waals surface area contributed by atoms with E-state index in [2.05, 4.69) is 34.7 Å². The standard InChI is InChI=1S/C22H25FN4/c1-22(2)16-26-15-11-20(18-9-12-24-13-10-18)25-21(26)27(22)14-5-7-17-6-3-4-8-19(17)23/h3-4,6,8-13H,5,7,14-16H2,1-2H3. The number of guanidine groups is 1. The van der Waals surface area contributed by atoms with Crippen LogP contribution in [-0.4, -0.2) is 45.9 Å². The van der Waals surface area contributed by atoms with Gasteiger partial charge in [-0.15, -0.1) is 0 Å². The lowest BCUT2D eigenvalue weighted by molar-refractivity contribution is 0.243. The Bertz CT molecular complexity index is 873. The summed E-state index contributed by atoms with van der Waals surface area (Å²) in [4.78, 5) is 13.8. The van der Waals surface area contributed by atoms with Crippen LogP contribution in [0.4, 0.5) is 4.39 Å². The van der Waals surface area contributed by atoms with Crippen molar-refractivity contribution in [2.45, 2.75) is 32.2 Å². The second kappa shape index (κ2) is 7.14. The van der Waals surface area contributed by atoms with Gasteiger partial charge in [0.1, 0.15) is 5.82 Å². The lowest BCUT2D eigenvalue weighted by atomic mass is 10.0. The summed E-state index contributed by atoms with van der Waals surface area (Å²) in [5, 5.41) is 0. The number of hydrogen-bond donors (Lipinski definition) is 0. The Morgan fingerprint density at radius 1 is 1.11 bits per heavy atom. The van der Waals surface area contributed by atoms with Gasteiger partial charge in [-0.05, 0) is 56.5 Å². The van der Waals surface area contributed by atoms with Crippen LogP contribution in [0.5, 0.6) is 0 Å². The monoisotopic (exact) mass is 364 g/mol. The maximum Gasteiger partial charge on any atom is 0.202 e. The highest BCUT2D eigenvalue weighted by molar-refractivity contribution is 5.90. The van der Waals surface area contributed by atoms with Crippen LogP contribution in [0.2, 0.25) is 0 Å². The minimum Gasteiger partial charge on any atom is -0.336 e. The molecule has 1 aromatic carbocycles. The molecule has 4 nitrogen and oxygen atoms in total. The summed E-state index contributed by atoms with van der Waals surface area (Å²) in [5.74, 6) is 0.917. The SMILES string of the molecule is CC1(C)CN2CC=C(c3ccncc3)N=C2N1CCCc1ccccc1F. The van der Waals surface area contributed by atoms with Crippen LogP contribution in [0.25, 0.3) is 5.70 Å². The number of halogens is 1. The number of pyridine rings is 1. The molecule has 4 rings (SSSR count). The Hall–Kier alpha value is -2.69. The van der Waals surface area contributed by atoms with Gasteiger partial charge in [0.15, 0.2) is 0 Å². The Morgan fingerprint density at radius 3 is 2.67 bits per heavy atom. The highest BCUT2D eigenvalue weighted by atomic mass is 19.1. The zero-order valence-corrected chi connectivity index (χ0v) is 15.9. The fourth-order valence-electron chi connectivity index (χ4n) is 3.93. The Morgan fingerprint density at radius 2 is 1.89 bits per heavy atom. The van der Waals surface area contributed by atoms with E-state index >= 15 is 0 Å². The van der Waals surface area contributed by atoms with Crippen molar-refractivity contribution in [1.82, 2.24) is 14.8 Å². The number of hydrogen-bond acceptors (Lipinski definition) is 4. The molecule has 2 aromatic rings. The second-order valence-corrected chi connectivity index (χ2v) is 7.78. The van der Waals surface area contributed by atoms with Crippen molar-refractivity contribution in [2.75, 3.05) is 19.6 Å². The number of aryl methyl sites for hydroxylation is 1. The first-order valence-electron chi connectivity index (χ1n) is 9.50. The molecule has 2 aliphatic rings. The van der Waals surface area contributed by atoms with E-state index in [1.807, 2.05) is 24.3 Å². The van der Waals surface area contributed by atoms with E-state index in [9.17, 15) is 4.39 Å². The van der Waals surface area contributed by atoms with Gasteiger partial charge in [-0.2, -0.15) is 0 Å². The van der Waals surface area contributed by atoms with Gasteiger partial charge in [0, 0.05) is 37.6 Å². The zero-order valence-electron chi connectivity index (χ0n) is 15.9. The molecule has 0 spiro atoms. The molecule has 0 unspecified atom stereocenters. The number of rotatable bonds is 5. The zero-order chi connectivity index (χ0) is 18.9. The first-order valence-corrected chi connectivity index (χ1v) is 9.50. The largest absolute Gasteiger partial charge is 0.336 e. The maximum atomic E-state index is 13.9. The Balaban J connectivity index is 1.51. The molecule has 27 heavy (non-hydrogen) atoms. The van der Waals surface area contributed by atoms with Gasteiger partial charge in [-0.3, -0.25) is 4.98 Å². The van der Waals surface area contributed by atoms with Crippen LogP contribution in [0.1, 0.15) is 31.4 Å². The molecule has 5 heteroatoms. The van der Waals surface area contributed by atoms with Crippen molar-refractivity contribution in [3.63, 3.8) is 0 Å². The van der Waals surface area contributed by atoms with Crippen LogP contribution < -0.4 is 0 Å². The first kappa shape index (κ1) is 17.7. The Labute approximate surface area is 160 Å². The van der Waals surface area contributed by atoms with Crippen LogP contribution in [-0.2, 0) is 6.42 Å². The van der Waals surface area contributed by atoms with Crippen molar-refractivity contribution in [1.29, 1.82) is 0 Å². The summed E-state index contributed by atoms with van der Waals surface area (Å²) in [6.07, 6.45) is 7.41. The van der Waals surface area contributed by atoms with Crippen LogP contribution in [0.15, 0.2) is 59.9 Å². The number of benzene rings is 1. The van der Waals surface area contributed by atoms with E-state index in [1.165, 1.54) is 6.07 Å². The van der Waals surface area contributed by atoms with Gasteiger partial charge in [0.05, 0.1) is 11.2 Å². The van der Waals surface area contributed by atoms with E-state index in [0.29, 0.717) is 0 Å². The minimum absolute atomic E-state index is 0.00952. The molecular formula is C22H25FN4. The highest BCUT2D eigenvalue weighted by Gasteiger charge is 2.41. The molecule has 0 saturated carbocycles. The summed E-state index contributed by atoms with van der Waals surface area (Å²) in [7, 11) is 0. The molecule has 0 radical (unpaired) electrons.